The number of ether oxygens (including phenoxy) is 2. The minimum atomic E-state index is -0.984. The third kappa shape index (κ3) is 5.18. The van der Waals surface area contributed by atoms with E-state index in [-0.39, 0.29) is 23.6 Å². The van der Waals surface area contributed by atoms with E-state index in [0.29, 0.717) is 10.6 Å². The second-order valence-electron chi connectivity index (χ2n) is 7.20. The lowest BCUT2D eigenvalue weighted by molar-refractivity contribution is -0.122. The molecule has 1 aromatic carbocycles. The van der Waals surface area contributed by atoms with Crippen LogP contribution in [0, 0.1) is 0 Å². The Kier molecular flexibility index (Phi) is 7.09. The van der Waals surface area contributed by atoms with Crippen molar-refractivity contribution >= 4 is 49.8 Å². The Labute approximate surface area is 207 Å². The van der Waals surface area contributed by atoms with Gasteiger partial charge in [-0.25, -0.2) is 4.79 Å². The number of pyridine rings is 1. The normalized spacial score (nSPS) is 11.7. The molecule has 34 heavy (non-hydrogen) atoms. The van der Waals surface area contributed by atoms with Crippen LogP contribution in [0.25, 0.3) is 16.1 Å². The molecule has 10 heteroatoms. The number of fused-ring (bicyclic) bond motifs is 1. The van der Waals surface area contributed by atoms with Gasteiger partial charge in [0.25, 0.3) is 11.5 Å². The molecule has 1 amide bonds. The molecule has 174 valence electrons. The van der Waals surface area contributed by atoms with E-state index in [1.165, 1.54) is 28.7 Å². The number of anilines is 1. The quantitative estimate of drug-likeness (QED) is 0.338. The number of hydrogen-bond acceptors (Lipinski definition) is 7. The Bertz CT molecular complexity index is 1420. The van der Waals surface area contributed by atoms with E-state index in [0.717, 1.165) is 14.9 Å². The lowest BCUT2D eigenvalue weighted by Crippen LogP contribution is -2.31. The molecule has 0 aliphatic carbocycles. The molecule has 4 aromatic rings. The summed E-state index contributed by atoms with van der Waals surface area (Å²) in [4.78, 5) is 42.9. The van der Waals surface area contributed by atoms with Crippen molar-refractivity contribution in [1.29, 1.82) is 0 Å². The first-order valence-corrected chi connectivity index (χ1v) is 12.0. The highest BCUT2D eigenvalue weighted by atomic mass is 79.9. The molecule has 0 saturated carbocycles. The summed E-state index contributed by atoms with van der Waals surface area (Å²) in [6, 6.07) is 15.8. The third-order valence-electron chi connectivity index (χ3n) is 4.79. The molecule has 0 spiro atoms. The molecule has 0 radical (unpaired) electrons. The number of nitrogens with one attached hydrogen (secondary N) is 1. The first-order valence-electron chi connectivity index (χ1n) is 10.4. The summed E-state index contributed by atoms with van der Waals surface area (Å²) >= 11 is 4.58. The number of benzene rings is 1. The molecule has 3 aromatic heterocycles. The van der Waals surface area contributed by atoms with Crippen molar-refractivity contribution in [2.45, 2.75) is 20.0 Å². The zero-order valence-corrected chi connectivity index (χ0v) is 20.7. The van der Waals surface area contributed by atoms with Crippen LogP contribution in [0.1, 0.15) is 24.2 Å². The second kappa shape index (κ2) is 10.2. The van der Waals surface area contributed by atoms with Crippen LogP contribution in [0.5, 0.6) is 5.88 Å². The monoisotopic (exact) mass is 541 g/mol. The van der Waals surface area contributed by atoms with Gasteiger partial charge in [-0.05, 0) is 53.5 Å². The van der Waals surface area contributed by atoms with Crippen molar-refractivity contribution < 1.29 is 19.1 Å². The van der Waals surface area contributed by atoms with Crippen LogP contribution in [-0.4, -0.2) is 34.0 Å². The fourth-order valence-electron chi connectivity index (χ4n) is 3.15. The molecule has 1 atom stereocenters. The SMILES string of the molecule is CCOC(=O)c1cc(-c2ccccc2)sc1NC(=O)C(C)Oc1cc(=O)n2cc(Br)ccc2n1. The van der Waals surface area contributed by atoms with Crippen LogP contribution in [0.4, 0.5) is 5.00 Å². The molecule has 1 N–H and O–H groups in total. The van der Waals surface area contributed by atoms with Crippen LogP contribution >= 0.6 is 27.3 Å². The Hall–Kier alpha value is -3.50. The van der Waals surface area contributed by atoms with E-state index in [9.17, 15) is 14.4 Å². The second-order valence-corrected chi connectivity index (χ2v) is 9.17. The zero-order valence-electron chi connectivity index (χ0n) is 18.3. The van der Waals surface area contributed by atoms with E-state index >= 15 is 0 Å². The number of aromatic nitrogens is 2. The predicted octanol–water partition coefficient (Wildman–Crippen LogP) is 4.77. The summed E-state index contributed by atoms with van der Waals surface area (Å²) in [5.41, 5.74) is 1.21. The number of thiophene rings is 1. The van der Waals surface area contributed by atoms with E-state index in [1.54, 1.807) is 31.3 Å². The Morgan fingerprint density at radius 1 is 1.18 bits per heavy atom. The molecule has 0 aliphatic heterocycles. The van der Waals surface area contributed by atoms with Crippen LogP contribution in [0.15, 0.2) is 70.1 Å². The molecule has 0 saturated heterocycles. The van der Waals surface area contributed by atoms with Crippen LogP contribution in [0.2, 0.25) is 0 Å². The number of amides is 1. The zero-order chi connectivity index (χ0) is 24.2. The topological polar surface area (TPSA) is 99.0 Å². The largest absolute Gasteiger partial charge is 0.464 e. The van der Waals surface area contributed by atoms with Gasteiger partial charge in [-0.3, -0.25) is 14.0 Å². The molecular weight excluding hydrogens is 522 g/mol. The molecular formula is C24H20BrN3O5S. The molecule has 8 nitrogen and oxygen atoms in total. The first kappa shape index (κ1) is 23.7. The van der Waals surface area contributed by atoms with Crippen molar-refractivity contribution in [1.82, 2.24) is 9.38 Å². The van der Waals surface area contributed by atoms with Gasteiger partial charge in [-0.2, -0.15) is 4.98 Å². The summed E-state index contributed by atoms with van der Waals surface area (Å²) < 4.78 is 12.9. The Morgan fingerprint density at radius 3 is 2.68 bits per heavy atom. The summed E-state index contributed by atoms with van der Waals surface area (Å²) in [6.45, 7) is 3.46. The average Bonchev–Trinajstić information content (AvgIpc) is 3.24. The Balaban J connectivity index is 1.56. The minimum Gasteiger partial charge on any atom is -0.464 e. The highest BCUT2D eigenvalue weighted by Gasteiger charge is 2.23. The van der Waals surface area contributed by atoms with Crippen molar-refractivity contribution in [3.63, 3.8) is 0 Å². The van der Waals surface area contributed by atoms with Gasteiger partial charge in [0.1, 0.15) is 10.6 Å². The highest BCUT2D eigenvalue weighted by Crippen LogP contribution is 2.36. The number of rotatable bonds is 7. The predicted molar refractivity (Wildman–Crippen MR) is 134 cm³/mol. The molecule has 1 unspecified atom stereocenters. The fourth-order valence-corrected chi connectivity index (χ4v) is 4.54. The number of hydrogen-bond donors (Lipinski definition) is 1. The van der Waals surface area contributed by atoms with Crippen molar-refractivity contribution in [3.05, 3.63) is 81.2 Å². The van der Waals surface area contributed by atoms with E-state index in [2.05, 4.69) is 26.2 Å². The summed E-state index contributed by atoms with van der Waals surface area (Å²) in [7, 11) is 0. The van der Waals surface area contributed by atoms with E-state index in [1.807, 2.05) is 30.3 Å². The highest BCUT2D eigenvalue weighted by molar-refractivity contribution is 9.10. The standard InChI is InChI=1S/C24H20BrN3O5S/c1-3-32-24(31)17-11-18(15-7-5-4-6-8-15)34-23(17)27-22(30)14(2)33-20-12-21(29)28-13-16(25)9-10-19(28)26-20/h4-14H,3H2,1-2H3,(H,27,30). The van der Waals surface area contributed by atoms with Crippen LogP contribution in [0.3, 0.4) is 0 Å². The molecule has 0 bridgehead atoms. The Morgan fingerprint density at radius 2 is 1.94 bits per heavy atom. The van der Waals surface area contributed by atoms with Gasteiger partial charge < -0.3 is 14.8 Å². The summed E-state index contributed by atoms with van der Waals surface area (Å²) in [5, 5.41) is 3.11. The third-order valence-corrected chi connectivity index (χ3v) is 6.36. The number of esters is 1. The maximum atomic E-state index is 12.9. The molecule has 3 heterocycles. The van der Waals surface area contributed by atoms with E-state index in [4.69, 9.17) is 9.47 Å². The maximum absolute atomic E-state index is 12.9. The lowest BCUT2D eigenvalue weighted by atomic mass is 10.1. The lowest BCUT2D eigenvalue weighted by Gasteiger charge is -2.14. The van der Waals surface area contributed by atoms with Gasteiger partial charge in [0, 0.05) is 15.5 Å². The molecule has 0 fully saturated rings. The van der Waals surface area contributed by atoms with Gasteiger partial charge in [0.2, 0.25) is 5.88 Å². The first-order chi connectivity index (χ1) is 16.4. The fraction of sp³-hybridized carbons (Fsp3) is 0.167. The maximum Gasteiger partial charge on any atom is 0.341 e. The van der Waals surface area contributed by atoms with Gasteiger partial charge in [-0.1, -0.05) is 30.3 Å². The number of carbonyl (C=O) groups excluding carboxylic acids is 2. The number of carbonyl (C=O) groups is 2. The molecule has 4 rings (SSSR count). The number of halogens is 1. The van der Waals surface area contributed by atoms with Crippen molar-refractivity contribution in [2.75, 3.05) is 11.9 Å². The average molecular weight is 542 g/mol. The number of nitrogens with zero attached hydrogens (tertiary/aromatic N) is 2. The minimum absolute atomic E-state index is 0.0248. The van der Waals surface area contributed by atoms with Gasteiger partial charge in [0.15, 0.2) is 6.10 Å². The molecule has 0 aliphatic rings. The summed E-state index contributed by atoms with van der Waals surface area (Å²) in [6.07, 6.45) is 0.616. The van der Waals surface area contributed by atoms with Gasteiger partial charge in [0.05, 0.1) is 18.2 Å². The van der Waals surface area contributed by atoms with Gasteiger partial charge >= 0.3 is 5.97 Å². The van der Waals surface area contributed by atoms with Crippen LogP contribution < -0.4 is 15.6 Å². The van der Waals surface area contributed by atoms with Crippen molar-refractivity contribution in [3.8, 4) is 16.3 Å². The van der Waals surface area contributed by atoms with E-state index < -0.39 is 18.0 Å². The smallest absolute Gasteiger partial charge is 0.341 e. The van der Waals surface area contributed by atoms with Gasteiger partial charge in [-0.15, -0.1) is 11.3 Å². The van der Waals surface area contributed by atoms with Crippen LogP contribution in [-0.2, 0) is 9.53 Å². The van der Waals surface area contributed by atoms with Crippen molar-refractivity contribution in [2.24, 2.45) is 0 Å². The summed E-state index contributed by atoms with van der Waals surface area (Å²) in [5.74, 6) is -0.998.